The van der Waals surface area contributed by atoms with Crippen LogP contribution in [0.1, 0.15) is 22.3 Å². The third-order valence-electron chi connectivity index (χ3n) is 4.60. The van der Waals surface area contributed by atoms with Crippen LogP contribution in [0.25, 0.3) is 0 Å². The molecule has 1 aliphatic rings. The van der Waals surface area contributed by atoms with E-state index in [1.165, 1.54) is 17.0 Å². The lowest BCUT2D eigenvalue weighted by molar-refractivity contribution is -0.384. The van der Waals surface area contributed by atoms with Gasteiger partial charge in [0.15, 0.2) is 9.84 Å². The van der Waals surface area contributed by atoms with Crippen LogP contribution in [-0.2, 0) is 16.4 Å². The predicted octanol–water partition coefficient (Wildman–Crippen LogP) is 3.73. The number of halogens is 2. The molecule has 1 atom stereocenters. The van der Waals surface area contributed by atoms with E-state index in [1.807, 2.05) is 0 Å². The Balaban J connectivity index is 2.01. The molecule has 2 aromatic rings. The minimum Gasteiger partial charge on any atom is -0.330 e. The number of nitrogens with zero attached hydrogens (tertiary/aromatic N) is 2. The first-order valence-corrected chi connectivity index (χ1v) is 10.9. The number of hydrogen-bond donors (Lipinski definition) is 0. The molecular weight excluding hydrogens is 427 g/mol. The zero-order chi connectivity index (χ0) is 20.5. The van der Waals surface area contributed by atoms with E-state index in [0.717, 1.165) is 6.07 Å². The van der Waals surface area contributed by atoms with Crippen LogP contribution in [0.15, 0.2) is 42.5 Å². The molecule has 1 unspecified atom stereocenters. The highest BCUT2D eigenvalue weighted by molar-refractivity contribution is 7.91. The number of rotatable bonds is 5. The van der Waals surface area contributed by atoms with Crippen LogP contribution in [0.5, 0.6) is 0 Å². The Kier molecular flexibility index (Phi) is 5.92. The summed E-state index contributed by atoms with van der Waals surface area (Å²) in [6.45, 7) is 0.0672. The first-order valence-electron chi connectivity index (χ1n) is 8.36. The van der Waals surface area contributed by atoms with Gasteiger partial charge < -0.3 is 4.90 Å². The number of nitro groups is 1. The van der Waals surface area contributed by atoms with Crippen molar-refractivity contribution in [2.75, 3.05) is 11.5 Å². The summed E-state index contributed by atoms with van der Waals surface area (Å²) in [7, 11) is -3.26. The SMILES string of the molecule is O=C(c1cc([N+](=O)[O-])ccc1Cl)N(Cc1ccccc1Cl)C1CCS(=O)(=O)C1. The van der Waals surface area contributed by atoms with Crippen LogP contribution in [0, 0.1) is 10.1 Å². The number of benzene rings is 2. The molecule has 0 saturated carbocycles. The van der Waals surface area contributed by atoms with Crippen molar-refractivity contribution in [3.05, 3.63) is 73.8 Å². The molecule has 3 rings (SSSR count). The molecule has 0 aromatic heterocycles. The predicted molar refractivity (Wildman–Crippen MR) is 106 cm³/mol. The number of sulfone groups is 1. The molecule has 0 N–H and O–H groups in total. The lowest BCUT2D eigenvalue weighted by Crippen LogP contribution is -2.40. The summed E-state index contributed by atoms with van der Waals surface area (Å²) in [6, 6.07) is 9.94. The van der Waals surface area contributed by atoms with Gasteiger partial charge in [-0.05, 0) is 24.1 Å². The maximum absolute atomic E-state index is 13.2. The molecule has 148 valence electrons. The van der Waals surface area contributed by atoms with Gasteiger partial charge in [0.2, 0.25) is 0 Å². The second kappa shape index (κ2) is 8.06. The third-order valence-corrected chi connectivity index (χ3v) is 7.05. The van der Waals surface area contributed by atoms with Crippen LogP contribution in [0.2, 0.25) is 10.0 Å². The largest absolute Gasteiger partial charge is 0.330 e. The smallest absolute Gasteiger partial charge is 0.270 e. The Morgan fingerprint density at radius 2 is 1.89 bits per heavy atom. The molecule has 0 bridgehead atoms. The first kappa shape index (κ1) is 20.6. The number of hydrogen-bond acceptors (Lipinski definition) is 5. The van der Waals surface area contributed by atoms with E-state index in [2.05, 4.69) is 0 Å². The van der Waals surface area contributed by atoms with Gasteiger partial charge in [-0.1, -0.05) is 41.4 Å². The van der Waals surface area contributed by atoms with Gasteiger partial charge >= 0.3 is 0 Å². The van der Waals surface area contributed by atoms with Crippen molar-refractivity contribution in [2.24, 2.45) is 0 Å². The van der Waals surface area contributed by atoms with Gasteiger partial charge in [-0.3, -0.25) is 14.9 Å². The molecule has 0 spiro atoms. The molecule has 7 nitrogen and oxygen atoms in total. The van der Waals surface area contributed by atoms with Gasteiger partial charge in [0.25, 0.3) is 11.6 Å². The summed E-state index contributed by atoms with van der Waals surface area (Å²) in [5, 5.41) is 11.6. The average molecular weight is 443 g/mol. The number of carbonyl (C=O) groups excluding carboxylic acids is 1. The van der Waals surface area contributed by atoms with E-state index in [9.17, 15) is 23.3 Å². The van der Waals surface area contributed by atoms with Crippen molar-refractivity contribution < 1.29 is 18.1 Å². The van der Waals surface area contributed by atoms with Crippen molar-refractivity contribution >= 4 is 44.6 Å². The van der Waals surface area contributed by atoms with Crippen molar-refractivity contribution in [3.63, 3.8) is 0 Å². The highest BCUT2D eigenvalue weighted by atomic mass is 35.5. The summed E-state index contributed by atoms with van der Waals surface area (Å²) < 4.78 is 23.9. The maximum atomic E-state index is 13.2. The Morgan fingerprint density at radius 1 is 1.18 bits per heavy atom. The summed E-state index contributed by atoms with van der Waals surface area (Å²) in [6.07, 6.45) is 0.283. The lowest BCUT2D eigenvalue weighted by atomic mass is 10.1. The quantitative estimate of drug-likeness (QED) is 0.518. The Bertz CT molecular complexity index is 1040. The van der Waals surface area contributed by atoms with Gasteiger partial charge in [0.05, 0.1) is 27.0 Å². The highest BCUT2D eigenvalue weighted by Crippen LogP contribution is 2.29. The van der Waals surface area contributed by atoms with Crippen LogP contribution >= 0.6 is 23.2 Å². The van der Waals surface area contributed by atoms with E-state index in [1.54, 1.807) is 24.3 Å². The van der Waals surface area contributed by atoms with Crippen molar-refractivity contribution in [3.8, 4) is 0 Å². The van der Waals surface area contributed by atoms with Crippen molar-refractivity contribution in [1.29, 1.82) is 0 Å². The Morgan fingerprint density at radius 3 is 2.50 bits per heavy atom. The monoisotopic (exact) mass is 442 g/mol. The van der Waals surface area contributed by atoms with Gasteiger partial charge in [0, 0.05) is 29.7 Å². The fourth-order valence-electron chi connectivity index (χ4n) is 3.14. The lowest BCUT2D eigenvalue weighted by Gasteiger charge is -2.29. The fraction of sp³-hybridized carbons (Fsp3) is 0.278. The molecule has 0 radical (unpaired) electrons. The molecule has 1 aliphatic heterocycles. The van der Waals surface area contributed by atoms with Crippen LogP contribution in [-0.4, -0.2) is 41.7 Å². The normalized spacial score (nSPS) is 18.0. The third kappa shape index (κ3) is 4.45. The van der Waals surface area contributed by atoms with Crippen LogP contribution in [0.4, 0.5) is 5.69 Å². The van der Waals surface area contributed by atoms with Crippen molar-refractivity contribution in [1.82, 2.24) is 4.90 Å². The molecule has 1 heterocycles. The average Bonchev–Trinajstić information content (AvgIpc) is 3.00. The standard InChI is InChI=1S/C18H16Cl2N2O5S/c19-16-4-2-1-3-12(16)10-21(14-7-8-28(26,27)11-14)18(23)15-9-13(22(24)25)5-6-17(15)20/h1-6,9,14H,7-8,10-11H2. The zero-order valence-electron chi connectivity index (χ0n) is 14.5. The molecule has 10 heteroatoms. The molecule has 0 aliphatic carbocycles. The van der Waals surface area contributed by atoms with E-state index in [0.29, 0.717) is 10.6 Å². The summed E-state index contributed by atoms with van der Waals surface area (Å²) >= 11 is 12.3. The Labute approximate surface area is 171 Å². The topological polar surface area (TPSA) is 97.6 Å². The number of carbonyl (C=O) groups is 1. The molecule has 28 heavy (non-hydrogen) atoms. The summed E-state index contributed by atoms with van der Waals surface area (Å²) in [4.78, 5) is 25.1. The number of amides is 1. The first-order chi connectivity index (χ1) is 13.2. The highest BCUT2D eigenvalue weighted by Gasteiger charge is 2.36. The van der Waals surface area contributed by atoms with Gasteiger partial charge in [-0.2, -0.15) is 0 Å². The number of non-ortho nitro benzene ring substituents is 1. The maximum Gasteiger partial charge on any atom is 0.270 e. The molecule has 1 amide bonds. The molecule has 2 aromatic carbocycles. The minimum atomic E-state index is -3.26. The Hall–Kier alpha value is -2.16. The van der Waals surface area contributed by atoms with E-state index >= 15 is 0 Å². The van der Waals surface area contributed by atoms with Crippen LogP contribution < -0.4 is 0 Å². The van der Waals surface area contributed by atoms with Gasteiger partial charge in [-0.15, -0.1) is 0 Å². The van der Waals surface area contributed by atoms with Crippen LogP contribution in [0.3, 0.4) is 0 Å². The summed E-state index contributed by atoms with van der Waals surface area (Å²) in [5.41, 5.74) is 0.320. The van der Waals surface area contributed by atoms with Crippen molar-refractivity contribution in [2.45, 2.75) is 19.0 Å². The van der Waals surface area contributed by atoms with Gasteiger partial charge in [0.1, 0.15) is 0 Å². The van der Waals surface area contributed by atoms with E-state index < -0.39 is 26.7 Å². The van der Waals surface area contributed by atoms with E-state index in [-0.39, 0.29) is 40.7 Å². The molecule has 1 fully saturated rings. The minimum absolute atomic E-state index is 0.0212. The van der Waals surface area contributed by atoms with E-state index in [4.69, 9.17) is 23.2 Å². The second-order valence-corrected chi connectivity index (χ2v) is 9.55. The fourth-order valence-corrected chi connectivity index (χ4v) is 5.27. The second-order valence-electron chi connectivity index (χ2n) is 6.50. The summed E-state index contributed by atoms with van der Waals surface area (Å²) in [5.74, 6) is -0.765. The zero-order valence-corrected chi connectivity index (χ0v) is 16.9. The van der Waals surface area contributed by atoms with Gasteiger partial charge in [-0.25, -0.2) is 8.42 Å². The number of nitro benzene ring substituents is 1. The molecular formula is C18H16Cl2N2O5S. The molecule has 1 saturated heterocycles.